The van der Waals surface area contributed by atoms with Gasteiger partial charge in [-0.2, -0.15) is 13.2 Å². The van der Waals surface area contributed by atoms with Crippen molar-refractivity contribution < 1.29 is 26.4 Å². The fraction of sp³-hybridized carbons (Fsp3) is 0.278. The number of hydrogen-bond acceptors (Lipinski definition) is 3. The molecule has 0 atom stereocenters. The third-order valence-electron chi connectivity index (χ3n) is 4.33. The smallest absolute Gasteiger partial charge is 0.322 e. The number of benzene rings is 2. The predicted molar refractivity (Wildman–Crippen MR) is 96.3 cm³/mol. The molecule has 0 aromatic heterocycles. The van der Waals surface area contributed by atoms with E-state index < -0.39 is 33.2 Å². The molecule has 27 heavy (non-hydrogen) atoms. The van der Waals surface area contributed by atoms with Crippen molar-refractivity contribution in [1.29, 1.82) is 0 Å². The monoisotopic (exact) mass is 398 g/mol. The van der Waals surface area contributed by atoms with Crippen molar-refractivity contribution in [3.63, 3.8) is 0 Å². The Morgan fingerprint density at radius 1 is 1.15 bits per heavy atom. The second-order valence-electron chi connectivity index (χ2n) is 6.24. The lowest BCUT2D eigenvalue weighted by Crippen LogP contribution is -2.25. The van der Waals surface area contributed by atoms with E-state index in [1.165, 1.54) is 22.5 Å². The maximum Gasteiger partial charge on any atom is 0.417 e. The minimum absolute atomic E-state index is 0.0432. The summed E-state index contributed by atoms with van der Waals surface area (Å²) in [5, 5.41) is 2.47. The van der Waals surface area contributed by atoms with E-state index in [4.69, 9.17) is 0 Å². The average Bonchev–Trinajstić information content (AvgIpc) is 2.95. The molecule has 1 aliphatic rings. The summed E-state index contributed by atoms with van der Waals surface area (Å²) < 4.78 is 64.8. The summed E-state index contributed by atoms with van der Waals surface area (Å²) in [7, 11) is -3.40. The number of alkyl halides is 3. The van der Waals surface area contributed by atoms with Gasteiger partial charge in [-0.05, 0) is 43.2 Å². The van der Waals surface area contributed by atoms with Gasteiger partial charge in [0, 0.05) is 12.2 Å². The molecule has 0 bridgehead atoms. The largest absolute Gasteiger partial charge is 0.417 e. The van der Waals surface area contributed by atoms with Crippen molar-refractivity contribution in [2.75, 3.05) is 21.9 Å². The van der Waals surface area contributed by atoms with Crippen molar-refractivity contribution in [3.8, 4) is 0 Å². The van der Waals surface area contributed by atoms with Crippen LogP contribution in [0.3, 0.4) is 0 Å². The molecule has 1 amide bonds. The first kappa shape index (κ1) is 19.2. The second kappa shape index (κ2) is 6.88. The molecule has 2 aromatic carbocycles. The van der Waals surface area contributed by atoms with E-state index in [-0.39, 0.29) is 11.4 Å². The van der Waals surface area contributed by atoms with Crippen molar-refractivity contribution in [3.05, 3.63) is 59.2 Å². The molecule has 9 heteroatoms. The zero-order valence-corrected chi connectivity index (χ0v) is 15.2. The first-order valence-electron chi connectivity index (χ1n) is 8.18. The molecule has 144 valence electrons. The van der Waals surface area contributed by atoms with Crippen LogP contribution in [0, 0.1) is 6.92 Å². The number of halogens is 3. The Bertz CT molecular complexity index is 988. The number of rotatable bonds is 3. The second-order valence-corrected chi connectivity index (χ2v) is 8.25. The molecular weight excluding hydrogens is 381 g/mol. The molecule has 0 spiro atoms. The van der Waals surface area contributed by atoms with E-state index in [0.29, 0.717) is 24.2 Å². The molecule has 3 rings (SSSR count). The van der Waals surface area contributed by atoms with Crippen LogP contribution in [0.2, 0.25) is 0 Å². The summed E-state index contributed by atoms with van der Waals surface area (Å²) in [6.07, 6.45) is -4.16. The summed E-state index contributed by atoms with van der Waals surface area (Å²) in [5.41, 5.74) is -0.288. The number of nitrogens with one attached hydrogen (secondary N) is 1. The average molecular weight is 398 g/mol. The zero-order chi connectivity index (χ0) is 19.8. The number of anilines is 2. The molecule has 5 nitrogen and oxygen atoms in total. The van der Waals surface area contributed by atoms with E-state index in [1.54, 1.807) is 19.1 Å². The van der Waals surface area contributed by atoms with Crippen LogP contribution in [0.25, 0.3) is 0 Å². The van der Waals surface area contributed by atoms with E-state index in [0.717, 1.165) is 12.1 Å². The van der Waals surface area contributed by atoms with Crippen molar-refractivity contribution in [2.45, 2.75) is 19.5 Å². The lowest BCUT2D eigenvalue weighted by atomic mass is 10.1. The quantitative estimate of drug-likeness (QED) is 0.855. The minimum atomic E-state index is -4.66. The molecule has 0 unspecified atom stereocenters. The molecule has 0 radical (unpaired) electrons. The van der Waals surface area contributed by atoms with Crippen LogP contribution in [0.4, 0.5) is 24.5 Å². The summed E-state index contributed by atoms with van der Waals surface area (Å²) in [6, 6.07) is 9.20. The molecule has 0 saturated carbocycles. The van der Waals surface area contributed by atoms with Crippen molar-refractivity contribution >= 4 is 27.3 Å². The van der Waals surface area contributed by atoms with Crippen LogP contribution in [0.1, 0.15) is 27.9 Å². The third kappa shape index (κ3) is 3.92. The van der Waals surface area contributed by atoms with Crippen LogP contribution in [0.15, 0.2) is 42.5 Å². The van der Waals surface area contributed by atoms with Crippen LogP contribution in [-0.4, -0.2) is 26.6 Å². The zero-order valence-electron chi connectivity index (χ0n) is 14.4. The molecule has 1 saturated heterocycles. The molecular formula is C18H17F3N2O3S. The van der Waals surface area contributed by atoms with Crippen LogP contribution in [0.5, 0.6) is 0 Å². The van der Waals surface area contributed by atoms with Gasteiger partial charge in [0.2, 0.25) is 10.0 Å². The molecule has 1 fully saturated rings. The number of sulfonamides is 1. The Labute approximate surface area is 154 Å². The fourth-order valence-electron chi connectivity index (χ4n) is 2.95. The molecule has 0 aliphatic carbocycles. The van der Waals surface area contributed by atoms with Gasteiger partial charge in [0.15, 0.2) is 0 Å². The first-order valence-corrected chi connectivity index (χ1v) is 9.79. The Hall–Kier alpha value is -2.55. The van der Waals surface area contributed by atoms with Gasteiger partial charge in [0.1, 0.15) is 0 Å². The highest BCUT2D eigenvalue weighted by atomic mass is 32.2. The van der Waals surface area contributed by atoms with Gasteiger partial charge in [0.25, 0.3) is 5.91 Å². The van der Waals surface area contributed by atoms with E-state index >= 15 is 0 Å². The van der Waals surface area contributed by atoms with E-state index in [2.05, 4.69) is 5.32 Å². The normalized spacial score (nSPS) is 16.4. The van der Waals surface area contributed by atoms with Crippen LogP contribution < -0.4 is 9.62 Å². The standard InChI is InChI=1S/C18H17F3N2O3S/c1-12-7-8-13(23-9-4-10-27(23,25)26)11-16(12)22-17(24)14-5-2-3-6-15(14)18(19,20)21/h2-3,5-8,11H,4,9-10H2,1H3,(H,22,24). The summed E-state index contributed by atoms with van der Waals surface area (Å²) in [6.45, 7) is 2.00. The highest BCUT2D eigenvalue weighted by molar-refractivity contribution is 7.93. The maximum atomic E-state index is 13.1. The number of nitrogens with zero attached hydrogens (tertiary/aromatic N) is 1. The molecule has 2 aromatic rings. The lowest BCUT2D eigenvalue weighted by molar-refractivity contribution is -0.137. The molecule has 1 heterocycles. The Kier molecular flexibility index (Phi) is 4.90. The summed E-state index contributed by atoms with van der Waals surface area (Å²) in [4.78, 5) is 12.5. The minimum Gasteiger partial charge on any atom is -0.322 e. The first-order chi connectivity index (χ1) is 12.6. The third-order valence-corrected chi connectivity index (χ3v) is 6.20. The predicted octanol–water partition coefficient (Wildman–Crippen LogP) is 3.81. The number of amides is 1. The maximum absolute atomic E-state index is 13.1. The van der Waals surface area contributed by atoms with Gasteiger partial charge >= 0.3 is 6.18 Å². The van der Waals surface area contributed by atoms with Gasteiger partial charge in [-0.3, -0.25) is 9.10 Å². The van der Waals surface area contributed by atoms with Gasteiger partial charge < -0.3 is 5.32 Å². The van der Waals surface area contributed by atoms with Gasteiger partial charge in [0.05, 0.1) is 22.6 Å². The van der Waals surface area contributed by atoms with Crippen LogP contribution in [-0.2, 0) is 16.2 Å². The van der Waals surface area contributed by atoms with Crippen molar-refractivity contribution in [2.24, 2.45) is 0 Å². The Morgan fingerprint density at radius 3 is 2.48 bits per heavy atom. The number of carbonyl (C=O) groups excluding carboxylic acids is 1. The Balaban J connectivity index is 1.93. The molecule has 1 aliphatic heterocycles. The summed E-state index contributed by atoms with van der Waals surface area (Å²) >= 11 is 0. The summed E-state index contributed by atoms with van der Waals surface area (Å²) in [5.74, 6) is -0.867. The lowest BCUT2D eigenvalue weighted by Gasteiger charge is -2.19. The number of hydrogen-bond donors (Lipinski definition) is 1. The van der Waals surface area contributed by atoms with Gasteiger partial charge in [-0.25, -0.2) is 8.42 Å². The van der Waals surface area contributed by atoms with Crippen molar-refractivity contribution in [1.82, 2.24) is 0 Å². The SMILES string of the molecule is Cc1ccc(N2CCCS2(=O)=O)cc1NC(=O)c1ccccc1C(F)(F)F. The van der Waals surface area contributed by atoms with Gasteiger partial charge in [-0.15, -0.1) is 0 Å². The number of aryl methyl sites for hydroxylation is 1. The van der Waals surface area contributed by atoms with E-state index in [1.807, 2.05) is 0 Å². The highest BCUT2D eigenvalue weighted by Gasteiger charge is 2.35. The van der Waals surface area contributed by atoms with Crippen LogP contribution >= 0.6 is 0 Å². The van der Waals surface area contributed by atoms with E-state index in [9.17, 15) is 26.4 Å². The molecule has 1 N–H and O–H groups in total. The number of carbonyl (C=O) groups is 1. The topological polar surface area (TPSA) is 66.5 Å². The van der Waals surface area contributed by atoms with Gasteiger partial charge in [-0.1, -0.05) is 18.2 Å². The highest BCUT2D eigenvalue weighted by Crippen LogP contribution is 2.33. The Morgan fingerprint density at radius 2 is 1.85 bits per heavy atom. The fourth-order valence-corrected chi connectivity index (χ4v) is 4.50.